The second kappa shape index (κ2) is 8.24. The molecule has 2 rings (SSSR count). The number of rotatable bonds is 9. The second-order valence-electron chi connectivity index (χ2n) is 4.94. The molecule has 1 heterocycles. The zero-order valence-electron chi connectivity index (χ0n) is 12.9. The van der Waals surface area contributed by atoms with Gasteiger partial charge >= 0.3 is 0 Å². The SMILES string of the molecule is C=CCCOCCNC(=O)Cc1c[nH]c2ccc(OC)cc12. The van der Waals surface area contributed by atoms with Crippen LogP contribution in [-0.2, 0) is 16.0 Å². The van der Waals surface area contributed by atoms with Crippen molar-refractivity contribution in [2.24, 2.45) is 0 Å². The van der Waals surface area contributed by atoms with Gasteiger partial charge in [-0.05, 0) is 30.2 Å². The molecular weight excluding hydrogens is 280 g/mol. The molecule has 22 heavy (non-hydrogen) atoms. The molecule has 0 bridgehead atoms. The van der Waals surface area contributed by atoms with E-state index in [9.17, 15) is 4.79 Å². The Bertz CT molecular complexity index is 634. The van der Waals surface area contributed by atoms with Crippen LogP contribution in [0.25, 0.3) is 10.9 Å². The number of aromatic amines is 1. The van der Waals surface area contributed by atoms with E-state index in [0.29, 0.717) is 26.2 Å². The Morgan fingerprint density at radius 1 is 1.41 bits per heavy atom. The molecule has 0 aliphatic carbocycles. The van der Waals surface area contributed by atoms with Crippen molar-refractivity contribution in [3.63, 3.8) is 0 Å². The Hall–Kier alpha value is -2.27. The zero-order valence-corrected chi connectivity index (χ0v) is 12.9. The third-order valence-corrected chi connectivity index (χ3v) is 3.36. The topological polar surface area (TPSA) is 63.3 Å². The predicted octanol–water partition coefficient (Wildman–Crippen LogP) is 2.43. The highest BCUT2D eigenvalue weighted by Gasteiger charge is 2.09. The van der Waals surface area contributed by atoms with E-state index in [2.05, 4.69) is 16.9 Å². The summed E-state index contributed by atoms with van der Waals surface area (Å²) in [5.41, 5.74) is 1.95. The van der Waals surface area contributed by atoms with Crippen LogP contribution in [0.3, 0.4) is 0 Å². The molecule has 0 fully saturated rings. The Morgan fingerprint density at radius 3 is 3.05 bits per heavy atom. The van der Waals surface area contributed by atoms with Crippen molar-refractivity contribution in [3.8, 4) is 5.75 Å². The van der Waals surface area contributed by atoms with E-state index >= 15 is 0 Å². The van der Waals surface area contributed by atoms with Gasteiger partial charge in [0, 0.05) is 23.6 Å². The molecule has 0 saturated heterocycles. The number of carbonyl (C=O) groups is 1. The highest BCUT2D eigenvalue weighted by atomic mass is 16.5. The summed E-state index contributed by atoms with van der Waals surface area (Å²) in [6.45, 7) is 5.30. The van der Waals surface area contributed by atoms with Crippen LogP contribution in [0.4, 0.5) is 0 Å². The van der Waals surface area contributed by atoms with Crippen LogP contribution in [0.5, 0.6) is 5.75 Å². The van der Waals surface area contributed by atoms with Gasteiger partial charge in [0.2, 0.25) is 5.91 Å². The number of fused-ring (bicyclic) bond motifs is 1. The number of benzene rings is 1. The largest absolute Gasteiger partial charge is 0.497 e. The van der Waals surface area contributed by atoms with Crippen LogP contribution in [0.1, 0.15) is 12.0 Å². The molecule has 0 aliphatic rings. The standard InChI is InChI=1S/C17H22N2O3/c1-3-4-8-22-9-7-18-17(20)10-13-12-19-16-6-5-14(21-2)11-15(13)16/h3,5-6,11-12,19H,1,4,7-10H2,2H3,(H,18,20). The maximum absolute atomic E-state index is 12.0. The fourth-order valence-electron chi connectivity index (χ4n) is 2.20. The summed E-state index contributed by atoms with van der Waals surface area (Å²) >= 11 is 0. The van der Waals surface area contributed by atoms with E-state index < -0.39 is 0 Å². The molecule has 5 heteroatoms. The lowest BCUT2D eigenvalue weighted by Gasteiger charge is -2.06. The van der Waals surface area contributed by atoms with E-state index in [1.165, 1.54) is 0 Å². The van der Waals surface area contributed by atoms with Gasteiger partial charge in [-0.15, -0.1) is 6.58 Å². The molecule has 1 aromatic heterocycles. The summed E-state index contributed by atoms with van der Waals surface area (Å²) in [5.74, 6) is 0.764. The summed E-state index contributed by atoms with van der Waals surface area (Å²) in [6.07, 6.45) is 4.83. The van der Waals surface area contributed by atoms with Crippen molar-refractivity contribution in [1.82, 2.24) is 10.3 Å². The second-order valence-corrected chi connectivity index (χ2v) is 4.94. The normalized spacial score (nSPS) is 10.6. The van der Waals surface area contributed by atoms with E-state index in [0.717, 1.165) is 28.6 Å². The molecular formula is C17H22N2O3. The van der Waals surface area contributed by atoms with Gasteiger partial charge in [0.1, 0.15) is 5.75 Å². The van der Waals surface area contributed by atoms with Crippen molar-refractivity contribution in [2.75, 3.05) is 26.9 Å². The van der Waals surface area contributed by atoms with E-state index in [1.54, 1.807) is 7.11 Å². The molecule has 2 N–H and O–H groups in total. The lowest BCUT2D eigenvalue weighted by molar-refractivity contribution is -0.120. The van der Waals surface area contributed by atoms with Crippen LogP contribution < -0.4 is 10.1 Å². The first-order valence-electron chi connectivity index (χ1n) is 7.34. The van der Waals surface area contributed by atoms with Crippen LogP contribution in [0, 0.1) is 0 Å². The number of ether oxygens (including phenoxy) is 2. The Labute approximate surface area is 130 Å². The van der Waals surface area contributed by atoms with Crippen LogP contribution >= 0.6 is 0 Å². The molecule has 0 atom stereocenters. The summed E-state index contributed by atoms with van der Waals surface area (Å²) in [4.78, 5) is 15.1. The number of aromatic nitrogens is 1. The number of nitrogens with one attached hydrogen (secondary N) is 2. The van der Waals surface area contributed by atoms with Crippen molar-refractivity contribution in [3.05, 3.63) is 42.6 Å². The first-order valence-corrected chi connectivity index (χ1v) is 7.34. The smallest absolute Gasteiger partial charge is 0.224 e. The molecule has 0 saturated carbocycles. The minimum Gasteiger partial charge on any atom is -0.497 e. The van der Waals surface area contributed by atoms with Gasteiger partial charge in [-0.25, -0.2) is 0 Å². The molecule has 0 unspecified atom stereocenters. The average Bonchev–Trinajstić information content (AvgIpc) is 2.93. The lowest BCUT2D eigenvalue weighted by atomic mass is 10.1. The summed E-state index contributed by atoms with van der Waals surface area (Å²) in [7, 11) is 1.63. The highest BCUT2D eigenvalue weighted by Crippen LogP contribution is 2.23. The van der Waals surface area contributed by atoms with E-state index in [4.69, 9.17) is 9.47 Å². The Balaban J connectivity index is 1.85. The highest BCUT2D eigenvalue weighted by molar-refractivity contribution is 5.89. The minimum absolute atomic E-state index is 0.0176. The fraction of sp³-hybridized carbons (Fsp3) is 0.353. The zero-order chi connectivity index (χ0) is 15.8. The predicted molar refractivity (Wildman–Crippen MR) is 87.2 cm³/mol. The summed E-state index contributed by atoms with van der Waals surface area (Å²) < 4.78 is 10.6. The number of carbonyl (C=O) groups excluding carboxylic acids is 1. The van der Waals surface area contributed by atoms with E-state index in [1.807, 2.05) is 30.5 Å². The summed E-state index contributed by atoms with van der Waals surface area (Å²) in [5, 5.41) is 3.87. The average molecular weight is 302 g/mol. The fourth-order valence-corrected chi connectivity index (χ4v) is 2.20. The number of hydrogen-bond donors (Lipinski definition) is 2. The molecule has 0 spiro atoms. The molecule has 118 valence electrons. The Morgan fingerprint density at radius 2 is 2.27 bits per heavy atom. The third kappa shape index (κ3) is 4.36. The first kappa shape index (κ1) is 16.1. The van der Waals surface area contributed by atoms with Crippen molar-refractivity contribution in [1.29, 1.82) is 0 Å². The number of hydrogen-bond acceptors (Lipinski definition) is 3. The minimum atomic E-state index is -0.0176. The third-order valence-electron chi connectivity index (χ3n) is 3.36. The van der Waals surface area contributed by atoms with Crippen LogP contribution in [0.15, 0.2) is 37.1 Å². The van der Waals surface area contributed by atoms with E-state index in [-0.39, 0.29) is 5.91 Å². The quantitative estimate of drug-likeness (QED) is 0.552. The van der Waals surface area contributed by atoms with Gasteiger partial charge in [-0.1, -0.05) is 6.08 Å². The number of methoxy groups -OCH3 is 1. The van der Waals surface area contributed by atoms with Gasteiger partial charge < -0.3 is 19.8 Å². The molecule has 0 aliphatic heterocycles. The number of H-pyrrole nitrogens is 1. The maximum Gasteiger partial charge on any atom is 0.224 e. The van der Waals surface area contributed by atoms with Gasteiger partial charge in [0.15, 0.2) is 0 Å². The van der Waals surface area contributed by atoms with Crippen LogP contribution in [0.2, 0.25) is 0 Å². The van der Waals surface area contributed by atoms with Crippen molar-refractivity contribution >= 4 is 16.8 Å². The summed E-state index contributed by atoms with van der Waals surface area (Å²) in [6, 6.07) is 5.78. The molecule has 1 aromatic carbocycles. The molecule has 5 nitrogen and oxygen atoms in total. The molecule has 1 amide bonds. The van der Waals surface area contributed by atoms with Gasteiger partial charge in [0.05, 0.1) is 26.7 Å². The molecule has 0 radical (unpaired) electrons. The van der Waals surface area contributed by atoms with Crippen LogP contribution in [-0.4, -0.2) is 37.8 Å². The van der Waals surface area contributed by atoms with Gasteiger partial charge in [-0.2, -0.15) is 0 Å². The van der Waals surface area contributed by atoms with Crippen molar-refractivity contribution < 1.29 is 14.3 Å². The van der Waals surface area contributed by atoms with Crippen molar-refractivity contribution in [2.45, 2.75) is 12.8 Å². The lowest BCUT2D eigenvalue weighted by Crippen LogP contribution is -2.28. The van der Waals surface area contributed by atoms with Gasteiger partial charge in [-0.3, -0.25) is 4.79 Å². The molecule has 2 aromatic rings. The Kier molecular flexibility index (Phi) is 6.03. The first-order chi connectivity index (χ1) is 10.7. The number of amides is 1. The monoisotopic (exact) mass is 302 g/mol. The van der Waals surface area contributed by atoms with Gasteiger partial charge in [0.25, 0.3) is 0 Å². The maximum atomic E-state index is 12.0.